The van der Waals surface area contributed by atoms with Crippen LogP contribution in [0.15, 0.2) is 24.3 Å². The van der Waals surface area contributed by atoms with E-state index in [0.29, 0.717) is 19.6 Å². The summed E-state index contributed by atoms with van der Waals surface area (Å²) in [7, 11) is 0. The van der Waals surface area contributed by atoms with Crippen molar-refractivity contribution in [3.8, 4) is 5.75 Å². The van der Waals surface area contributed by atoms with Crippen LogP contribution in [0, 0.1) is 0 Å². The molecule has 0 heterocycles. The Hall–Kier alpha value is -1.20. The van der Waals surface area contributed by atoms with E-state index in [1.54, 1.807) is 11.8 Å². The maximum absolute atomic E-state index is 11.1. The second-order valence-electron chi connectivity index (χ2n) is 4.13. The van der Waals surface area contributed by atoms with Crippen molar-refractivity contribution in [1.29, 1.82) is 0 Å². The van der Waals surface area contributed by atoms with E-state index in [2.05, 4.69) is 5.32 Å². The van der Waals surface area contributed by atoms with Gasteiger partial charge in [-0.05, 0) is 43.0 Å². The highest BCUT2D eigenvalue weighted by molar-refractivity contribution is 7.98. The van der Waals surface area contributed by atoms with Crippen LogP contribution in [0.3, 0.4) is 0 Å². The van der Waals surface area contributed by atoms with Crippen molar-refractivity contribution >= 4 is 17.7 Å². The average molecular weight is 283 g/mol. The molecule has 5 heteroatoms. The highest BCUT2D eigenvalue weighted by atomic mass is 32.2. The first-order chi connectivity index (χ1) is 9.17. The van der Waals surface area contributed by atoms with Crippen LogP contribution >= 0.6 is 11.8 Å². The Balaban J connectivity index is 2.46. The van der Waals surface area contributed by atoms with Gasteiger partial charge in [0.05, 0.1) is 6.61 Å². The third kappa shape index (κ3) is 5.98. The summed E-state index contributed by atoms with van der Waals surface area (Å²) in [5, 5.41) is 12.2. The Morgan fingerprint density at radius 3 is 2.63 bits per heavy atom. The fourth-order valence-corrected chi connectivity index (χ4v) is 2.13. The lowest BCUT2D eigenvalue weighted by Gasteiger charge is -2.14. The lowest BCUT2D eigenvalue weighted by Crippen LogP contribution is -2.36. The summed E-state index contributed by atoms with van der Waals surface area (Å²) in [6, 6.07) is 7.21. The van der Waals surface area contributed by atoms with E-state index in [1.807, 2.05) is 37.4 Å². The second-order valence-corrected chi connectivity index (χ2v) is 5.12. The highest BCUT2D eigenvalue weighted by Gasteiger charge is 2.15. The van der Waals surface area contributed by atoms with Crippen LogP contribution in [0.2, 0.25) is 0 Å². The third-order valence-electron chi connectivity index (χ3n) is 2.70. The van der Waals surface area contributed by atoms with Gasteiger partial charge in [0.1, 0.15) is 11.8 Å². The molecule has 1 aromatic rings. The van der Waals surface area contributed by atoms with E-state index in [1.165, 1.54) is 0 Å². The van der Waals surface area contributed by atoms with Crippen molar-refractivity contribution < 1.29 is 14.6 Å². The molecule has 0 amide bonds. The van der Waals surface area contributed by atoms with E-state index >= 15 is 0 Å². The minimum absolute atomic E-state index is 0.487. The Bertz CT molecular complexity index is 381. The summed E-state index contributed by atoms with van der Waals surface area (Å²) in [5.41, 5.74) is 1.05. The molecule has 0 radical (unpaired) electrons. The standard InChI is InChI=1S/C14H21NO3S/c1-3-18-12-6-4-11(5-7-12)10-15-13(14(16)17)8-9-19-2/h4-7,13,15H,3,8-10H2,1-2H3,(H,16,17)/t13-/m1/s1. The van der Waals surface area contributed by atoms with Crippen molar-refractivity contribution in [2.24, 2.45) is 0 Å². The quantitative estimate of drug-likeness (QED) is 0.728. The molecular weight excluding hydrogens is 262 g/mol. The van der Waals surface area contributed by atoms with Crippen LogP contribution in [0.5, 0.6) is 5.75 Å². The number of carbonyl (C=O) groups is 1. The number of carboxylic acid groups (broad SMARTS) is 1. The number of carboxylic acids is 1. The molecule has 0 spiro atoms. The minimum Gasteiger partial charge on any atom is -0.494 e. The molecule has 4 nitrogen and oxygen atoms in total. The summed E-state index contributed by atoms with van der Waals surface area (Å²) in [5.74, 6) is 0.885. The van der Waals surface area contributed by atoms with E-state index in [0.717, 1.165) is 17.1 Å². The van der Waals surface area contributed by atoms with Crippen LogP contribution in [0.25, 0.3) is 0 Å². The largest absolute Gasteiger partial charge is 0.494 e. The zero-order chi connectivity index (χ0) is 14.1. The van der Waals surface area contributed by atoms with Gasteiger partial charge in [0, 0.05) is 6.54 Å². The molecule has 0 saturated carbocycles. The van der Waals surface area contributed by atoms with Crippen molar-refractivity contribution in [3.63, 3.8) is 0 Å². The number of hydrogen-bond donors (Lipinski definition) is 2. The van der Waals surface area contributed by atoms with Crippen molar-refractivity contribution in [3.05, 3.63) is 29.8 Å². The molecule has 0 bridgehead atoms. The van der Waals surface area contributed by atoms with Crippen molar-refractivity contribution in [2.75, 3.05) is 18.6 Å². The molecule has 1 rings (SSSR count). The Labute approximate surface area is 118 Å². The Kier molecular flexibility index (Phi) is 7.36. The molecule has 0 unspecified atom stereocenters. The number of aliphatic carboxylic acids is 1. The first-order valence-electron chi connectivity index (χ1n) is 6.34. The highest BCUT2D eigenvalue weighted by Crippen LogP contribution is 2.12. The molecule has 0 aromatic heterocycles. The minimum atomic E-state index is -0.792. The topological polar surface area (TPSA) is 58.6 Å². The Morgan fingerprint density at radius 1 is 1.42 bits per heavy atom. The fraction of sp³-hybridized carbons (Fsp3) is 0.500. The van der Waals surface area contributed by atoms with Gasteiger partial charge in [0.2, 0.25) is 0 Å². The third-order valence-corrected chi connectivity index (χ3v) is 3.34. The second kappa shape index (κ2) is 8.82. The summed E-state index contributed by atoms with van der Waals surface area (Å²) < 4.78 is 5.36. The number of thioether (sulfide) groups is 1. The van der Waals surface area contributed by atoms with Gasteiger partial charge in [-0.1, -0.05) is 12.1 Å². The van der Waals surface area contributed by atoms with Gasteiger partial charge in [-0.25, -0.2) is 0 Å². The average Bonchev–Trinajstić information content (AvgIpc) is 2.40. The van der Waals surface area contributed by atoms with Crippen molar-refractivity contribution in [2.45, 2.75) is 25.9 Å². The van der Waals surface area contributed by atoms with Crippen LogP contribution in [0.4, 0.5) is 0 Å². The number of rotatable bonds is 9. The monoisotopic (exact) mass is 283 g/mol. The maximum atomic E-state index is 11.1. The molecular formula is C14H21NO3S. The SMILES string of the molecule is CCOc1ccc(CN[C@H](CCSC)C(=O)O)cc1. The smallest absolute Gasteiger partial charge is 0.320 e. The Morgan fingerprint density at radius 2 is 2.11 bits per heavy atom. The molecule has 0 aliphatic heterocycles. The van der Waals surface area contributed by atoms with Crippen molar-refractivity contribution in [1.82, 2.24) is 5.32 Å². The van der Waals surface area contributed by atoms with Crippen LogP contribution in [0.1, 0.15) is 18.9 Å². The molecule has 19 heavy (non-hydrogen) atoms. The first-order valence-corrected chi connectivity index (χ1v) is 7.73. The summed E-state index contributed by atoms with van der Waals surface area (Å²) in [6.45, 7) is 3.14. The number of hydrogen-bond acceptors (Lipinski definition) is 4. The van der Waals surface area contributed by atoms with Gasteiger partial charge in [-0.3, -0.25) is 4.79 Å². The van der Waals surface area contributed by atoms with Gasteiger partial charge >= 0.3 is 5.97 Å². The normalized spacial score (nSPS) is 12.1. The van der Waals surface area contributed by atoms with Gasteiger partial charge in [0.25, 0.3) is 0 Å². The number of nitrogens with one attached hydrogen (secondary N) is 1. The zero-order valence-electron chi connectivity index (χ0n) is 11.4. The van der Waals surface area contributed by atoms with E-state index in [9.17, 15) is 4.79 Å². The molecule has 1 aromatic carbocycles. The summed E-state index contributed by atoms with van der Waals surface area (Å²) in [4.78, 5) is 11.1. The van der Waals surface area contributed by atoms with Gasteiger partial charge in [0.15, 0.2) is 0 Å². The number of benzene rings is 1. The lowest BCUT2D eigenvalue weighted by molar-refractivity contribution is -0.139. The first kappa shape index (κ1) is 15.9. The molecule has 2 N–H and O–H groups in total. The molecule has 1 atom stereocenters. The van der Waals surface area contributed by atoms with Crippen LogP contribution in [-0.2, 0) is 11.3 Å². The van der Waals surface area contributed by atoms with Crippen LogP contribution in [-0.4, -0.2) is 35.7 Å². The van der Waals surface area contributed by atoms with E-state index in [-0.39, 0.29) is 0 Å². The summed E-state index contributed by atoms with van der Waals surface area (Å²) >= 11 is 1.66. The fourth-order valence-electron chi connectivity index (χ4n) is 1.66. The zero-order valence-corrected chi connectivity index (χ0v) is 12.2. The molecule has 0 fully saturated rings. The van der Waals surface area contributed by atoms with Gasteiger partial charge < -0.3 is 15.2 Å². The van der Waals surface area contributed by atoms with E-state index < -0.39 is 12.0 Å². The molecule has 0 aliphatic rings. The van der Waals surface area contributed by atoms with Gasteiger partial charge in [-0.15, -0.1) is 0 Å². The lowest BCUT2D eigenvalue weighted by atomic mass is 10.2. The summed E-state index contributed by atoms with van der Waals surface area (Å²) in [6.07, 6.45) is 2.61. The van der Waals surface area contributed by atoms with Crippen LogP contribution < -0.4 is 10.1 Å². The van der Waals surface area contributed by atoms with E-state index in [4.69, 9.17) is 9.84 Å². The predicted octanol–water partition coefficient (Wildman–Crippen LogP) is 2.38. The van der Waals surface area contributed by atoms with Gasteiger partial charge in [-0.2, -0.15) is 11.8 Å². The number of ether oxygens (including phenoxy) is 1. The predicted molar refractivity (Wildman–Crippen MR) is 78.9 cm³/mol. The maximum Gasteiger partial charge on any atom is 0.320 e. The molecule has 0 saturated heterocycles. The molecule has 0 aliphatic carbocycles. The molecule has 106 valence electrons.